The molecule has 3 atom stereocenters. The molecule has 168 valence electrons. The maximum Gasteiger partial charge on any atom is 0.214 e. The summed E-state index contributed by atoms with van der Waals surface area (Å²) < 4.78 is 52.7. The average molecular weight is 458 g/mol. The number of phenols is 1. The van der Waals surface area contributed by atoms with Crippen LogP contribution in [0.3, 0.4) is 0 Å². The van der Waals surface area contributed by atoms with E-state index in [1.54, 1.807) is 10.4 Å². The summed E-state index contributed by atoms with van der Waals surface area (Å²) in [5.74, 6) is 0.565. The van der Waals surface area contributed by atoms with E-state index < -0.39 is 20.0 Å². The van der Waals surface area contributed by atoms with E-state index in [-0.39, 0.29) is 36.6 Å². The molecule has 4 rings (SSSR count). The molecule has 0 radical (unpaired) electrons. The Labute approximate surface area is 179 Å². The monoisotopic (exact) mass is 457 g/mol. The van der Waals surface area contributed by atoms with Crippen LogP contribution in [0.25, 0.3) is 0 Å². The minimum atomic E-state index is -3.45. The van der Waals surface area contributed by atoms with Gasteiger partial charge in [-0.1, -0.05) is 6.07 Å². The summed E-state index contributed by atoms with van der Waals surface area (Å²) in [6, 6.07) is 5.70. The molecule has 3 aliphatic rings. The Morgan fingerprint density at radius 3 is 2.77 bits per heavy atom. The van der Waals surface area contributed by atoms with Crippen molar-refractivity contribution in [3.63, 3.8) is 0 Å². The predicted molar refractivity (Wildman–Crippen MR) is 115 cm³/mol. The Balaban J connectivity index is 1.49. The second-order valence-electron chi connectivity index (χ2n) is 8.80. The summed E-state index contributed by atoms with van der Waals surface area (Å²) in [5, 5.41) is 9.83. The van der Waals surface area contributed by atoms with Crippen molar-refractivity contribution in [1.82, 2.24) is 13.9 Å². The second-order valence-corrected chi connectivity index (χ2v) is 12.7. The van der Waals surface area contributed by atoms with E-state index in [9.17, 15) is 21.9 Å². The van der Waals surface area contributed by atoms with Crippen molar-refractivity contribution in [3.05, 3.63) is 29.3 Å². The highest BCUT2D eigenvalue weighted by Crippen LogP contribution is 2.44. The highest BCUT2D eigenvalue weighted by molar-refractivity contribution is 7.89. The van der Waals surface area contributed by atoms with E-state index in [1.807, 2.05) is 12.1 Å². The lowest BCUT2D eigenvalue weighted by molar-refractivity contribution is 0.0219. The lowest BCUT2D eigenvalue weighted by Gasteiger charge is -2.51. The van der Waals surface area contributed by atoms with Gasteiger partial charge in [-0.2, -0.15) is 4.31 Å². The second kappa shape index (κ2) is 8.38. The molecular weight excluding hydrogens is 426 g/mol. The summed E-state index contributed by atoms with van der Waals surface area (Å²) in [4.78, 5) is 2.48. The van der Waals surface area contributed by atoms with Gasteiger partial charge in [-0.15, -0.1) is 0 Å². The Hall–Kier alpha value is -1.20. The fourth-order valence-electron chi connectivity index (χ4n) is 5.38. The molecule has 3 aliphatic heterocycles. The fraction of sp³-hybridized carbons (Fsp3) is 0.700. The van der Waals surface area contributed by atoms with Crippen LogP contribution in [0.2, 0.25) is 0 Å². The number of nitrogens with zero attached hydrogens (tertiary/aromatic N) is 2. The highest BCUT2D eigenvalue weighted by atomic mass is 32.2. The zero-order valence-electron chi connectivity index (χ0n) is 17.3. The predicted octanol–water partition coefficient (Wildman–Crippen LogP) is 1.04. The van der Waals surface area contributed by atoms with Gasteiger partial charge in [0.25, 0.3) is 0 Å². The quantitative estimate of drug-likeness (QED) is 0.619. The zero-order chi connectivity index (χ0) is 21.5. The first kappa shape index (κ1) is 22.0. The van der Waals surface area contributed by atoms with Gasteiger partial charge in [0.1, 0.15) is 5.75 Å². The van der Waals surface area contributed by atoms with Gasteiger partial charge in [0.05, 0.1) is 12.0 Å². The first-order valence-electron chi connectivity index (χ1n) is 10.6. The number of hydrogen-bond donors (Lipinski definition) is 2. The number of phenolic OH excluding ortho intramolecular Hbond substituents is 1. The van der Waals surface area contributed by atoms with Crippen LogP contribution in [0.5, 0.6) is 5.75 Å². The molecule has 2 fully saturated rings. The molecule has 0 aliphatic carbocycles. The van der Waals surface area contributed by atoms with E-state index in [4.69, 9.17) is 0 Å². The van der Waals surface area contributed by atoms with Crippen molar-refractivity contribution >= 4 is 20.0 Å². The lowest BCUT2D eigenvalue weighted by atomic mass is 9.77. The molecule has 0 aromatic heterocycles. The Morgan fingerprint density at radius 2 is 2.00 bits per heavy atom. The molecule has 1 aromatic rings. The molecule has 10 heteroatoms. The SMILES string of the molecule is CS(=O)(=O)NCCCS(=O)(=O)N1CCC[C@H]2CN3CCc4cc(O)ccc4[C@@H]3C[C@H]21. The summed E-state index contributed by atoms with van der Waals surface area (Å²) in [6.07, 6.45) is 4.92. The van der Waals surface area contributed by atoms with Gasteiger partial charge in [-0.3, -0.25) is 4.90 Å². The number of nitrogens with one attached hydrogen (secondary N) is 1. The van der Waals surface area contributed by atoms with Gasteiger partial charge >= 0.3 is 0 Å². The molecule has 0 spiro atoms. The number of benzene rings is 1. The van der Waals surface area contributed by atoms with Gasteiger partial charge in [0.15, 0.2) is 0 Å². The van der Waals surface area contributed by atoms with Gasteiger partial charge in [0.2, 0.25) is 20.0 Å². The lowest BCUT2D eigenvalue weighted by Crippen LogP contribution is -2.57. The summed E-state index contributed by atoms with van der Waals surface area (Å²) in [7, 11) is -6.77. The van der Waals surface area contributed by atoms with Crippen molar-refractivity contribution < 1.29 is 21.9 Å². The third kappa shape index (κ3) is 4.67. The van der Waals surface area contributed by atoms with Gasteiger partial charge in [-0.25, -0.2) is 21.6 Å². The van der Waals surface area contributed by atoms with Gasteiger partial charge < -0.3 is 5.11 Å². The van der Waals surface area contributed by atoms with Gasteiger partial charge in [-0.05, 0) is 61.3 Å². The molecule has 0 bridgehead atoms. The van der Waals surface area contributed by atoms with Crippen LogP contribution >= 0.6 is 0 Å². The summed E-state index contributed by atoms with van der Waals surface area (Å²) in [6.45, 7) is 2.51. The maximum atomic E-state index is 13.1. The van der Waals surface area contributed by atoms with E-state index in [0.29, 0.717) is 12.5 Å². The first-order valence-corrected chi connectivity index (χ1v) is 14.1. The summed E-state index contributed by atoms with van der Waals surface area (Å²) in [5.41, 5.74) is 2.37. The minimum Gasteiger partial charge on any atom is -0.508 e. The third-order valence-electron chi connectivity index (χ3n) is 6.70. The zero-order valence-corrected chi connectivity index (χ0v) is 19.0. The van der Waals surface area contributed by atoms with Gasteiger partial charge in [0, 0.05) is 38.3 Å². The van der Waals surface area contributed by atoms with Crippen molar-refractivity contribution in [1.29, 1.82) is 0 Å². The number of fused-ring (bicyclic) bond motifs is 4. The topological polar surface area (TPSA) is 107 Å². The number of sulfonamides is 2. The minimum absolute atomic E-state index is 0.0207. The highest BCUT2D eigenvalue weighted by Gasteiger charge is 2.45. The van der Waals surface area contributed by atoms with Crippen molar-refractivity contribution in [2.45, 2.75) is 44.2 Å². The molecule has 2 saturated heterocycles. The standard InChI is InChI=1S/C20H31N3O5S2/c1-29(25,26)21-8-3-11-30(27,28)23-9-2-4-16-14-22-10-7-15-12-17(24)5-6-18(15)20(22)13-19(16)23/h5-6,12,16,19-21,24H,2-4,7-11,13-14H2,1H3/t16-,19+,20-/m0/s1. The van der Waals surface area contributed by atoms with E-state index in [0.717, 1.165) is 50.6 Å². The number of piperidine rings is 2. The molecule has 0 amide bonds. The smallest absolute Gasteiger partial charge is 0.214 e. The molecule has 0 unspecified atom stereocenters. The number of hydrogen-bond acceptors (Lipinski definition) is 6. The molecule has 0 saturated carbocycles. The van der Waals surface area contributed by atoms with Crippen molar-refractivity contribution in [2.24, 2.45) is 5.92 Å². The Bertz CT molecular complexity index is 996. The largest absolute Gasteiger partial charge is 0.508 e. The van der Waals surface area contributed by atoms with Crippen LogP contribution in [0.1, 0.15) is 42.9 Å². The van der Waals surface area contributed by atoms with Crippen molar-refractivity contribution in [3.8, 4) is 5.75 Å². The molecule has 1 aromatic carbocycles. The van der Waals surface area contributed by atoms with E-state index in [2.05, 4.69) is 9.62 Å². The maximum absolute atomic E-state index is 13.1. The molecular formula is C20H31N3O5S2. The molecule has 3 heterocycles. The van der Waals surface area contributed by atoms with Crippen LogP contribution in [-0.2, 0) is 26.5 Å². The van der Waals surface area contributed by atoms with Crippen LogP contribution in [0.15, 0.2) is 18.2 Å². The molecule has 30 heavy (non-hydrogen) atoms. The van der Waals surface area contributed by atoms with Crippen LogP contribution < -0.4 is 4.72 Å². The normalized spacial score (nSPS) is 27.8. The van der Waals surface area contributed by atoms with E-state index in [1.165, 1.54) is 5.56 Å². The summed E-state index contributed by atoms with van der Waals surface area (Å²) >= 11 is 0. The molecule has 2 N–H and O–H groups in total. The third-order valence-corrected chi connectivity index (χ3v) is 9.40. The van der Waals surface area contributed by atoms with Crippen LogP contribution in [-0.4, -0.2) is 75.4 Å². The molecule has 8 nitrogen and oxygen atoms in total. The Morgan fingerprint density at radius 1 is 1.20 bits per heavy atom. The fourth-order valence-corrected chi connectivity index (χ4v) is 7.71. The Kier molecular flexibility index (Phi) is 6.15. The van der Waals surface area contributed by atoms with Crippen molar-refractivity contribution in [2.75, 3.05) is 38.2 Å². The van der Waals surface area contributed by atoms with Crippen LogP contribution in [0.4, 0.5) is 0 Å². The number of aromatic hydroxyl groups is 1. The number of rotatable bonds is 6. The van der Waals surface area contributed by atoms with Crippen LogP contribution in [0, 0.1) is 5.92 Å². The first-order chi connectivity index (χ1) is 14.1. The average Bonchev–Trinajstić information content (AvgIpc) is 2.68. The van der Waals surface area contributed by atoms with E-state index >= 15 is 0 Å².